The summed E-state index contributed by atoms with van der Waals surface area (Å²) in [6.07, 6.45) is 7.68. The van der Waals surface area contributed by atoms with Gasteiger partial charge >= 0.3 is 6.03 Å². The summed E-state index contributed by atoms with van der Waals surface area (Å²) in [4.78, 5) is 21.9. The van der Waals surface area contributed by atoms with Crippen molar-refractivity contribution < 1.29 is 9.53 Å². The summed E-state index contributed by atoms with van der Waals surface area (Å²) >= 11 is 0. The second kappa shape index (κ2) is 8.82. The van der Waals surface area contributed by atoms with E-state index in [-0.39, 0.29) is 6.03 Å². The van der Waals surface area contributed by atoms with Crippen molar-refractivity contribution in [3.8, 4) is 5.75 Å². The molecule has 6 heteroatoms. The maximum absolute atomic E-state index is 12.6. The predicted octanol–water partition coefficient (Wildman–Crippen LogP) is 4.35. The minimum absolute atomic E-state index is 0.0401. The van der Waals surface area contributed by atoms with E-state index in [1.54, 1.807) is 0 Å². The molecule has 2 aromatic heterocycles. The topological polar surface area (TPSA) is 70.2 Å². The zero-order chi connectivity index (χ0) is 20.1. The average Bonchev–Trinajstić information content (AvgIpc) is 3.25. The number of H-pyrrole nitrogens is 1. The third-order valence-electron chi connectivity index (χ3n) is 5.12. The number of nitrogens with one attached hydrogen (secondary N) is 2. The summed E-state index contributed by atoms with van der Waals surface area (Å²) in [5.41, 5.74) is 4.39. The zero-order valence-electron chi connectivity index (χ0n) is 16.6. The van der Waals surface area contributed by atoms with Crippen molar-refractivity contribution in [1.82, 2.24) is 20.2 Å². The highest BCUT2D eigenvalue weighted by molar-refractivity contribution is 5.90. The summed E-state index contributed by atoms with van der Waals surface area (Å²) < 4.78 is 5.66. The second-order valence-corrected chi connectivity index (χ2v) is 7.18. The lowest BCUT2D eigenvalue weighted by Crippen LogP contribution is -2.41. The van der Waals surface area contributed by atoms with Crippen LogP contribution in [0.4, 0.5) is 4.79 Å². The van der Waals surface area contributed by atoms with Gasteiger partial charge in [0.25, 0.3) is 0 Å². The molecule has 2 N–H and O–H groups in total. The molecule has 0 saturated carbocycles. The smallest absolute Gasteiger partial charge is 0.317 e. The normalized spacial score (nSPS) is 14.0. The molecule has 0 atom stereocenters. The minimum atomic E-state index is -0.0401. The molecule has 1 aliphatic heterocycles. The van der Waals surface area contributed by atoms with Crippen molar-refractivity contribution in [3.63, 3.8) is 0 Å². The zero-order valence-corrected chi connectivity index (χ0v) is 16.6. The van der Waals surface area contributed by atoms with Crippen molar-refractivity contribution in [2.45, 2.75) is 26.3 Å². The number of ether oxygens (including phenoxy) is 1. The Morgan fingerprint density at radius 3 is 3.07 bits per heavy atom. The molecule has 0 aliphatic carbocycles. The molecule has 4 rings (SSSR count). The number of amides is 2. The van der Waals surface area contributed by atoms with E-state index in [0.29, 0.717) is 26.2 Å². The minimum Gasteiger partial charge on any atom is -0.494 e. The summed E-state index contributed by atoms with van der Waals surface area (Å²) in [5.74, 6) is 0.845. The fourth-order valence-corrected chi connectivity index (χ4v) is 3.59. The maximum atomic E-state index is 12.6. The lowest BCUT2D eigenvalue weighted by molar-refractivity contribution is 0.202. The number of nitrogens with zero attached hydrogens (tertiary/aromatic N) is 2. The number of carbonyl (C=O) groups excluding carboxylic acids is 1. The van der Waals surface area contributed by atoms with E-state index in [2.05, 4.69) is 34.4 Å². The summed E-state index contributed by atoms with van der Waals surface area (Å²) in [6, 6.07) is 11.9. The van der Waals surface area contributed by atoms with Gasteiger partial charge in [0.15, 0.2) is 0 Å². The fraction of sp³-hybridized carbons (Fsp3) is 0.304. The number of pyridine rings is 1. The molecule has 0 unspecified atom stereocenters. The fourth-order valence-electron chi connectivity index (χ4n) is 3.59. The summed E-state index contributed by atoms with van der Waals surface area (Å²) in [6.45, 7) is 4.58. The number of carbonyl (C=O) groups is 1. The van der Waals surface area contributed by atoms with Crippen molar-refractivity contribution in [2.75, 3.05) is 19.7 Å². The average molecular weight is 390 g/mol. The van der Waals surface area contributed by atoms with Gasteiger partial charge in [0, 0.05) is 37.4 Å². The van der Waals surface area contributed by atoms with Gasteiger partial charge in [-0.3, -0.25) is 0 Å². The largest absolute Gasteiger partial charge is 0.494 e. The van der Waals surface area contributed by atoms with Crippen LogP contribution in [0.1, 0.15) is 30.9 Å². The van der Waals surface area contributed by atoms with Gasteiger partial charge < -0.3 is 19.9 Å². The molecule has 0 fully saturated rings. The van der Waals surface area contributed by atoms with Gasteiger partial charge in [0.2, 0.25) is 0 Å². The van der Waals surface area contributed by atoms with E-state index >= 15 is 0 Å². The molecule has 0 bridgehead atoms. The highest BCUT2D eigenvalue weighted by Crippen LogP contribution is 2.27. The Kier molecular flexibility index (Phi) is 5.79. The maximum Gasteiger partial charge on any atom is 0.317 e. The van der Waals surface area contributed by atoms with Crippen LogP contribution in [0.15, 0.2) is 54.9 Å². The van der Waals surface area contributed by atoms with Crippen LogP contribution in [-0.2, 0) is 6.54 Å². The van der Waals surface area contributed by atoms with E-state index < -0.39 is 0 Å². The third-order valence-corrected chi connectivity index (χ3v) is 5.12. The van der Waals surface area contributed by atoms with Crippen LogP contribution in [-0.4, -0.2) is 40.6 Å². The molecule has 0 radical (unpaired) electrons. The first-order valence-electron chi connectivity index (χ1n) is 10.1. The van der Waals surface area contributed by atoms with Crippen LogP contribution in [0.25, 0.3) is 16.6 Å². The molecule has 2 amide bonds. The molecular weight excluding hydrogens is 364 g/mol. The Balaban J connectivity index is 1.35. The van der Waals surface area contributed by atoms with Gasteiger partial charge in [0.1, 0.15) is 11.4 Å². The van der Waals surface area contributed by atoms with Gasteiger partial charge in [-0.1, -0.05) is 25.1 Å². The van der Waals surface area contributed by atoms with Crippen molar-refractivity contribution in [1.29, 1.82) is 0 Å². The highest BCUT2D eigenvalue weighted by Gasteiger charge is 2.19. The Morgan fingerprint density at radius 1 is 1.31 bits per heavy atom. The number of fused-ring (bicyclic) bond motifs is 1. The van der Waals surface area contributed by atoms with Crippen LogP contribution in [0.5, 0.6) is 5.75 Å². The van der Waals surface area contributed by atoms with E-state index in [0.717, 1.165) is 35.2 Å². The molecule has 150 valence electrons. The van der Waals surface area contributed by atoms with Crippen LogP contribution >= 0.6 is 0 Å². The Labute approximate surface area is 170 Å². The summed E-state index contributed by atoms with van der Waals surface area (Å²) in [7, 11) is 0. The van der Waals surface area contributed by atoms with Crippen LogP contribution in [0.2, 0.25) is 0 Å². The second-order valence-electron chi connectivity index (χ2n) is 7.18. The molecule has 29 heavy (non-hydrogen) atoms. The van der Waals surface area contributed by atoms with Gasteiger partial charge in [-0.2, -0.15) is 0 Å². The number of aromatic amines is 1. The third kappa shape index (κ3) is 4.42. The van der Waals surface area contributed by atoms with Crippen molar-refractivity contribution >= 4 is 22.6 Å². The predicted molar refractivity (Wildman–Crippen MR) is 115 cm³/mol. The molecular formula is C23H26N4O2. The van der Waals surface area contributed by atoms with Crippen molar-refractivity contribution in [3.05, 3.63) is 66.0 Å². The van der Waals surface area contributed by atoms with Gasteiger partial charge in [-0.25, -0.2) is 9.78 Å². The van der Waals surface area contributed by atoms with Crippen molar-refractivity contribution in [2.24, 2.45) is 0 Å². The molecule has 0 spiro atoms. The molecule has 6 nitrogen and oxygen atoms in total. The molecule has 1 aliphatic rings. The highest BCUT2D eigenvalue weighted by atomic mass is 16.5. The number of benzene rings is 1. The standard InChI is InChI=1S/C23H26N4O2/c1-2-14-29-19-5-3-4-17(15-19)16-26-23(28)27-12-8-18(9-13-27)20-6-10-24-22-21(20)7-11-25-22/h3-8,10-11,15H,2,9,12-14,16H2,1H3,(H,24,25)(H,26,28). The Hall–Kier alpha value is -3.28. The monoisotopic (exact) mass is 390 g/mol. The van der Waals surface area contributed by atoms with E-state index in [1.807, 2.05) is 47.6 Å². The van der Waals surface area contributed by atoms with Crippen LogP contribution in [0, 0.1) is 0 Å². The Morgan fingerprint density at radius 2 is 2.24 bits per heavy atom. The molecule has 1 aromatic carbocycles. The van der Waals surface area contributed by atoms with Gasteiger partial charge in [-0.05, 0) is 53.8 Å². The number of hydrogen-bond acceptors (Lipinski definition) is 3. The van der Waals surface area contributed by atoms with Crippen LogP contribution < -0.4 is 10.1 Å². The lowest BCUT2D eigenvalue weighted by Gasteiger charge is -2.27. The molecule has 0 saturated heterocycles. The quantitative estimate of drug-likeness (QED) is 0.657. The molecule has 3 aromatic rings. The number of urea groups is 1. The molecule has 3 heterocycles. The Bertz CT molecular complexity index is 1020. The van der Waals surface area contributed by atoms with E-state index in [9.17, 15) is 4.79 Å². The first-order valence-corrected chi connectivity index (χ1v) is 10.1. The van der Waals surface area contributed by atoms with Gasteiger partial charge in [-0.15, -0.1) is 0 Å². The number of aromatic nitrogens is 2. The number of rotatable bonds is 6. The SMILES string of the molecule is CCCOc1cccc(CNC(=O)N2CC=C(c3ccnc4[nH]ccc34)CC2)c1. The van der Waals surface area contributed by atoms with E-state index in [4.69, 9.17) is 4.74 Å². The summed E-state index contributed by atoms with van der Waals surface area (Å²) in [5, 5.41) is 4.15. The first kappa shape index (κ1) is 19.1. The first-order chi connectivity index (χ1) is 14.2. The number of hydrogen-bond donors (Lipinski definition) is 2. The van der Waals surface area contributed by atoms with Gasteiger partial charge in [0.05, 0.1) is 6.61 Å². The lowest BCUT2D eigenvalue weighted by atomic mass is 9.98. The van der Waals surface area contributed by atoms with E-state index in [1.165, 1.54) is 11.1 Å². The van der Waals surface area contributed by atoms with Crippen LogP contribution in [0.3, 0.4) is 0 Å².